The summed E-state index contributed by atoms with van der Waals surface area (Å²) in [6, 6.07) is -0.576. The van der Waals surface area contributed by atoms with Crippen molar-refractivity contribution in [1.29, 1.82) is 0 Å². The second-order valence-corrected chi connectivity index (χ2v) is 9.32. The van der Waals surface area contributed by atoms with Crippen LogP contribution in [-0.2, 0) is 14.2 Å². The van der Waals surface area contributed by atoms with Gasteiger partial charge in [-0.25, -0.2) is 9.59 Å². The summed E-state index contributed by atoms with van der Waals surface area (Å²) in [6.07, 6.45) is 13.6. The maximum Gasteiger partial charge on any atom is 0.509 e. The van der Waals surface area contributed by atoms with E-state index in [2.05, 4.69) is 12.2 Å². The molecule has 2 N–H and O–H groups in total. The van der Waals surface area contributed by atoms with E-state index in [-0.39, 0.29) is 6.61 Å². The Morgan fingerprint density at radius 3 is 2.29 bits per heavy atom. The third-order valence-electron chi connectivity index (χ3n) is 5.09. The molecule has 3 atom stereocenters. The van der Waals surface area contributed by atoms with Gasteiger partial charge in [0.15, 0.2) is 0 Å². The zero-order valence-corrected chi connectivity index (χ0v) is 19.9. The van der Waals surface area contributed by atoms with Crippen LogP contribution in [0.2, 0.25) is 0 Å². The molecule has 0 aromatic heterocycles. The van der Waals surface area contributed by atoms with Crippen molar-refractivity contribution in [3.05, 3.63) is 12.2 Å². The van der Waals surface area contributed by atoms with Gasteiger partial charge in [-0.05, 0) is 33.3 Å². The number of cyclic esters (lactones) is 2. The molecule has 0 saturated carbocycles. The fourth-order valence-corrected chi connectivity index (χ4v) is 3.41. The molecule has 1 aliphatic heterocycles. The highest BCUT2D eigenvalue weighted by molar-refractivity contribution is 5.69. The van der Waals surface area contributed by atoms with Gasteiger partial charge in [0, 0.05) is 0 Å². The van der Waals surface area contributed by atoms with Gasteiger partial charge in [-0.15, -0.1) is 0 Å². The Kier molecular flexibility index (Phi) is 13.3. The maximum absolute atomic E-state index is 12.0. The molecule has 1 saturated heterocycles. The summed E-state index contributed by atoms with van der Waals surface area (Å²) < 4.78 is 15.3. The monoisotopic (exact) mass is 441 g/mol. The number of nitrogens with one attached hydrogen (secondary N) is 1. The van der Waals surface area contributed by atoms with E-state index in [1.54, 1.807) is 32.9 Å². The van der Waals surface area contributed by atoms with Crippen LogP contribution in [0.5, 0.6) is 0 Å². The molecule has 0 unspecified atom stereocenters. The van der Waals surface area contributed by atoms with Crippen LogP contribution in [0.1, 0.15) is 98.3 Å². The predicted molar refractivity (Wildman–Crippen MR) is 121 cm³/mol. The summed E-state index contributed by atoms with van der Waals surface area (Å²) >= 11 is 0. The maximum atomic E-state index is 12.0. The molecular formula is C24H43NO6. The Balaban J connectivity index is 2.28. The van der Waals surface area contributed by atoms with Gasteiger partial charge < -0.3 is 24.6 Å². The topological polar surface area (TPSA) is 94.1 Å². The lowest BCUT2D eigenvalue weighted by Gasteiger charge is -2.30. The SMILES string of the molecule is CCCCCCCCCCCC[C@@H](O)C=C[C@H]1OC(=O)OC[C@@H]1NC(=O)OC(C)(C)C. The molecule has 1 fully saturated rings. The first-order chi connectivity index (χ1) is 14.7. The molecule has 1 heterocycles. The van der Waals surface area contributed by atoms with Crippen LogP contribution in [0.4, 0.5) is 9.59 Å². The van der Waals surface area contributed by atoms with E-state index in [0.717, 1.165) is 12.8 Å². The number of amides is 1. The zero-order chi connectivity index (χ0) is 23.1. The van der Waals surface area contributed by atoms with Crippen LogP contribution in [0.3, 0.4) is 0 Å². The average Bonchev–Trinajstić information content (AvgIpc) is 2.68. The highest BCUT2D eigenvalue weighted by Gasteiger charge is 2.33. The number of carbonyl (C=O) groups excluding carboxylic acids is 2. The van der Waals surface area contributed by atoms with E-state index in [1.165, 1.54) is 51.4 Å². The molecule has 0 aromatic rings. The fraction of sp³-hybridized carbons (Fsp3) is 0.833. The summed E-state index contributed by atoms with van der Waals surface area (Å²) in [6.45, 7) is 7.53. The van der Waals surface area contributed by atoms with Crippen molar-refractivity contribution in [3.8, 4) is 0 Å². The molecule has 7 nitrogen and oxygen atoms in total. The van der Waals surface area contributed by atoms with E-state index in [0.29, 0.717) is 6.42 Å². The molecule has 0 bridgehead atoms. The van der Waals surface area contributed by atoms with E-state index in [4.69, 9.17) is 14.2 Å². The summed E-state index contributed by atoms with van der Waals surface area (Å²) in [5, 5.41) is 12.9. The number of aliphatic hydroxyl groups is 1. The van der Waals surface area contributed by atoms with Crippen LogP contribution >= 0.6 is 0 Å². The third-order valence-corrected chi connectivity index (χ3v) is 5.09. The summed E-state index contributed by atoms with van der Waals surface area (Å²) in [7, 11) is 0. The minimum atomic E-state index is -0.791. The van der Waals surface area contributed by atoms with E-state index < -0.39 is 36.1 Å². The Morgan fingerprint density at radius 2 is 1.71 bits per heavy atom. The van der Waals surface area contributed by atoms with E-state index in [1.807, 2.05) is 0 Å². The minimum Gasteiger partial charge on any atom is -0.444 e. The van der Waals surface area contributed by atoms with Crippen LogP contribution in [0, 0.1) is 0 Å². The van der Waals surface area contributed by atoms with Gasteiger partial charge in [0.25, 0.3) is 0 Å². The van der Waals surface area contributed by atoms with Gasteiger partial charge in [0.2, 0.25) is 0 Å². The lowest BCUT2D eigenvalue weighted by atomic mass is 10.0. The van der Waals surface area contributed by atoms with Crippen LogP contribution < -0.4 is 5.32 Å². The van der Waals surface area contributed by atoms with Gasteiger partial charge in [-0.2, -0.15) is 0 Å². The summed E-state index contributed by atoms with van der Waals surface area (Å²) in [4.78, 5) is 23.5. The van der Waals surface area contributed by atoms with Crippen molar-refractivity contribution < 1.29 is 28.9 Å². The van der Waals surface area contributed by atoms with Crippen LogP contribution in [-0.4, -0.2) is 47.8 Å². The largest absolute Gasteiger partial charge is 0.509 e. The minimum absolute atomic E-state index is 0.0123. The quantitative estimate of drug-likeness (QED) is 0.206. The van der Waals surface area contributed by atoms with Gasteiger partial charge in [0.1, 0.15) is 24.4 Å². The standard InChI is InChI=1S/C24H43NO6/c1-5-6-7-8-9-10-11-12-13-14-15-19(26)16-17-21-20(18-29-23(28)30-21)25-22(27)31-24(2,3)4/h16-17,19-21,26H,5-15,18H2,1-4H3,(H,25,27)/t19-,20+,21-/m1/s1. The van der Waals surface area contributed by atoms with Gasteiger partial charge in [-0.3, -0.25) is 0 Å². The molecule has 31 heavy (non-hydrogen) atoms. The highest BCUT2D eigenvalue weighted by atomic mass is 16.7. The number of hydrogen-bond donors (Lipinski definition) is 2. The molecule has 0 radical (unpaired) electrons. The number of carbonyl (C=O) groups is 2. The van der Waals surface area contributed by atoms with E-state index in [9.17, 15) is 14.7 Å². The Morgan fingerprint density at radius 1 is 1.13 bits per heavy atom. The van der Waals surface area contributed by atoms with Crippen LogP contribution in [0.15, 0.2) is 12.2 Å². The second kappa shape index (κ2) is 15.1. The van der Waals surface area contributed by atoms with E-state index >= 15 is 0 Å². The zero-order valence-electron chi connectivity index (χ0n) is 19.9. The molecule has 0 aromatic carbocycles. The van der Waals surface area contributed by atoms with Gasteiger partial charge >= 0.3 is 12.2 Å². The lowest BCUT2D eigenvalue weighted by molar-refractivity contribution is -0.0297. The molecular weight excluding hydrogens is 398 g/mol. The number of aliphatic hydroxyl groups excluding tert-OH is 1. The Labute approximate surface area is 187 Å². The van der Waals surface area contributed by atoms with Crippen molar-refractivity contribution >= 4 is 12.2 Å². The summed E-state index contributed by atoms with van der Waals surface area (Å²) in [5.41, 5.74) is -0.632. The second-order valence-electron chi connectivity index (χ2n) is 9.32. The third kappa shape index (κ3) is 14.0. The molecule has 7 heteroatoms. The van der Waals surface area contributed by atoms with Crippen molar-refractivity contribution in [2.24, 2.45) is 0 Å². The van der Waals surface area contributed by atoms with Crippen molar-refractivity contribution in [2.45, 2.75) is 122 Å². The molecule has 0 spiro atoms. The first-order valence-electron chi connectivity index (χ1n) is 11.9. The normalized spacial score (nSPS) is 20.2. The Hall–Kier alpha value is -1.76. The van der Waals surface area contributed by atoms with Gasteiger partial charge in [0.05, 0.1) is 6.10 Å². The number of unbranched alkanes of at least 4 members (excludes halogenated alkanes) is 9. The predicted octanol–water partition coefficient (Wildman–Crippen LogP) is 5.64. The first kappa shape index (κ1) is 27.3. The summed E-state index contributed by atoms with van der Waals surface area (Å²) in [5.74, 6) is 0. The lowest BCUT2D eigenvalue weighted by Crippen LogP contribution is -2.52. The molecule has 1 aliphatic rings. The average molecular weight is 442 g/mol. The molecule has 0 aliphatic carbocycles. The van der Waals surface area contributed by atoms with Crippen LogP contribution in [0.25, 0.3) is 0 Å². The van der Waals surface area contributed by atoms with Crippen molar-refractivity contribution in [3.63, 3.8) is 0 Å². The van der Waals surface area contributed by atoms with Crippen molar-refractivity contribution in [1.82, 2.24) is 5.32 Å². The van der Waals surface area contributed by atoms with Gasteiger partial charge in [-0.1, -0.05) is 77.2 Å². The number of rotatable bonds is 14. The molecule has 180 valence electrons. The fourth-order valence-electron chi connectivity index (χ4n) is 3.41. The van der Waals surface area contributed by atoms with Crippen molar-refractivity contribution in [2.75, 3.05) is 6.61 Å². The molecule has 1 amide bonds. The smallest absolute Gasteiger partial charge is 0.444 e. The Bertz CT molecular complexity index is 543. The first-order valence-corrected chi connectivity index (χ1v) is 11.9. The number of ether oxygens (including phenoxy) is 3. The molecule has 1 rings (SSSR count). The number of alkyl carbamates (subject to hydrolysis) is 1. The number of hydrogen-bond acceptors (Lipinski definition) is 6. The highest BCUT2D eigenvalue weighted by Crippen LogP contribution is 2.15.